The maximum atomic E-state index is 13.1. The van der Waals surface area contributed by atoms with Gasteiger partial charge in [-0.3, -0.25) is 19.1 Å². The second-order valence-electron chi connectivity index (χ2n) is 8.45. The van der Waals surface area contributed by atoms with Crippen molar-refractivity contribution in [3.63, 3.8) is 0 Å². The van der Waals surface area contributed by atoms with Crippen molar-refractivity contribution in [1.29, 1.82) is 0 Å². The van der Waals surface area contributed by atoms with E-state index in [1.807, 2.05) is 12.1 Å². The summed E-state index contributed by atoms with van der Waals surface area (Å²) in [5.41, 5.74) is 3.08. The second-order valence-corrected chi connectivity index (χ2v) is 9.37. The quantitative estimate of drug-likeness (QED) is 0.233. The van der Waals surface area contributed by atoms with Crippen LogP contribution in [0.15, 0.2) is 74.5 Å². The number of ether oxygens (including phenoxy) is 2. The zero-order valence-electron chi connectivity index (χ0n) is 19.5. The van der Waals surface area contributed by atoms with E-state index in [9.17, 15) is 14.4 Å². The standard InChI is InChI=1S/C26H18BrN5O6/c27-15-5-6-17(16(11-15)24-31-26(35)38-32-24)30-25(34)19-10-14-2-1-3-18(23(14)29-19)28-22(33)9-13-4-7-20-21(8-13)37-12-36-20/h1-8,10-11,29H,9,12H2,(H,28,33)(H,30,34)(H,31,32,35). The summed E-state index contributed by atoms with van der Waals surface area (Å²) >= 11 is 3.38. The Morgan fingerprint density at radius 2 is 1.82 bits per heavy atom. The fraction of sp³-hybridized carbons (Fsp3) is 0.0769. The topological polar surface area (TPSA) is 151 Å². The van der Waals surface area contributed by atoms with E-state index in [1.165, 1.54) is 0 Å². The van der Waals surface area contributed by atoms with Gasteiger partial charge in [0.25, 0.3) is 5.91 Å². The molecule has 190 valence electrons. The van der Waals surface area contributed by atoms with E-state index in [-0.39, 0.29) is 30.6 Å². The number of amides is 2. The first-order valence-electron chi connectivity index (χ1n) is 11.4. The van der Waals surface area contributed by atoms with Gasteiger partial charge in [-0.2, -0.15) is 0 Å². The molecule has 38 heavy (non-hydrogen) atoms. The van der Waals surface area contributed by atoms with E-state index in [0.29, 0.717) is 34.0 Å². The van der Waals surface area contributed by atoms with Crippen molar-refractivity contribution in [3.05, 3.63) is 86.9 Å². The fourth-order valence-corrected chi connectivity index (χ4v) is 4.53. The summed E-state index contributed by atoms with van der Waals surface area (Å²) < 4.78 is 16.0. The number of aromatic nitrogens is 3. The van der Waals surface area contributed by atoms with Gasteiger partial charge in [0.15, 0.2) is 17.3 Å². The highest BCUT2D eigenvalue weighted by Gasteiger charge is 2.18. The van der Waals surface area contributed by atoms with Crippen LogP contribution in [-0.2, 0) is 11.2 Å². The SMILES string of the molecule is O=C(Cc1ccc2c(c1)OCO2)Nc1cccc2cc(C(=O)Nc3ccc(Br)cc3-c3noc(=O)[nH]3)[nH]c12. The Kier molecular flexibility index (Phi) is 5.92. The van der Waals surface area contributed by atoms with Gasteiger partial charge in [0.1, 0.15) is 5.69 Å². The molecule has 0 fully saturated rings. The number of anilines is 2. The summed E-state index contributed by atoms with van der Waals surface area (Å²) in [6.45, 7) is 0.165. The van der Waals surface area contributed by atoms with Gasteiger partial charge in [0.05, 0.1) is 23.3 Å². The number of hydrogen-bond acceptors (Lipinski definition) is 7. The number of hydrogen-bond donors (Lipinski definition) is 4. The van der Waals surface area contributed by atoms with Crippen LogP contribution in [0.4, 0.5) is 11.4 Å². The van der Waals surface area contributed by atoms with Crippen LogP contribution >= 0.6 is 15.9 Å². The molecular weight excluding hydrogens is 558 g/mol. The molecule has 0 saturated carbocycles. The van der Waals surface area contributed by atoms with Crippen LogP contribution in [0.3, 0.4) is 0 Å². The maximum absolute atomic E-state index is 13.1. The van der Waals surface area contributed by atoms with Crippen molar-refractivity contribution in [2.75, 3.05) is 17.4 Å². The summed E-state index contributed by atoms with van der Waals surface area (Å²) in [6, 6.07) is 17.6. The van der Waals surface area contributed by atoms with Crippen LogP contribution in [0, 0.1) is 0 Å². The molecule has 1 aliphatic heterocycles. The third-order valence-corrected chi connectivity index (χ3v) is 6.40. The molecule has 0 aliphatic carbocycles. The number of para-hydroxylation sites is 1. The molecule has 12 heteroatoms. The van der Waals surface area contributed by atoms with Gasteiger partial charge in [0, 0.05) is 15.4 Å². The average molecular weight is 576 g/mol. The molecule has 2 amide bonds. The lowest BCUT2D eigenvalue weighted by atomic mass is 10.1. The molecule has 0 radical (unpaired) electrons. The third-order valence-electron chi connectivity index (χ3n) is 5.90. The number of halogens is 1. The van der Waals surface area contributed by atoms with Gasteiger partial charge in [-0.1, -0.05) is 39.3 Å². The van der Waals surface area contributed by atoms with E-state index in [2.05, 4.69) is 46.2 Å². The molecule has 0 saturated heterocycles. The van der Waals surface area contributed by atoms with Crippen LogP contribution in [0.2, 0.25) is 0 Å². The summed E-state index contributed by atoms with van der Waals surface area (Å²) in [6.07, 6.45) is 0.136. The predicted octanol–water partition coefficient (Wildman–Crippen LogP) is 4.44. The second kappa shape index (κ2) is 9.56. The molecule has 3 aromatic carbocycles. The first-order chi connectivity index (χ1) is 18.4. The zero-order chi connectivity index (χ0) is 26.2. The monoisotopic (exact) mass is 575 g/mol. The van der Waals surface area contributed by atoms with Crippen LogP contribution in [-0.4, -0.2) is 33.7 Å². The number of carbonyl (C=O) groups excluding carboxylic acids is 2. The number of carbonyl (C=O) groups is 2. The Hall–Kier alpha value is -4.84. The maximum Gasteiger partial charge on any atom is 0.439 e. The number of nitrogens with one attached hydrogen (secondary N) is 4. The van der Waals surface area contributed by atoms with Crippen molar-refractivity contribution in [3.8, 4) is 22.9 Å². The normalized spacial score (nSPS) is 12.0. The Labute approximate surface area is 222 Å². The minimum Gasteiger partial charge on any atom is -0.454 e. The molecule has 5 aromatic rings. The van der Waals surface area contributed by atoms with Crippen LogP contribution in [0.25, 0.3) is 22.3 Å². The third kappa shape index (κ3) is 4.64. The van der Waals surface area contributed by atoms with Crippen molar-refractivity contribution in [2.24, 2.45) is 0 Å². The molecular formula is C26H18BrN5O6. The highest BCUT2D eigenvalue weighted by atomic mass is 79.9. The van der Waals surface area contributed by atoms with Crippen molar-refractivity contribution in [1.82, 2.24) is 15.1 Å². The number of H-pyrrole nitrogens is 2. The fourth-order valence-electron chi connectivity index (χ4n) is 4.17. The highest BCUT2D eigenvalue weighted by Crippen LogP contribution is 2.33. The van der Waals surface area contributed by atoms with E-state index in [4.69, 9.17) is 9.47 Å². The minimum atomic E-state index is -0.707. The lowest BCUT2D eigenvalue weighted by molar-refractivity contribution is -0.115. The highest BCUT2D eigenvalue weighted by molar-refractivity contribution is 9.10. The van der Waals surface area contributed by atoms with Gasteiger partial charge in [-0.15, -0.1) is 0 Å². The minimum absolute atomic E-state index is 0.136. The molecule has 0 bridgehead atoms. The largest absolute Gasteiger partial charge is 0.454 e. The van der Waals surface area contributed by atoms with Crippen molar-refractivity contribution in [2.45, 2.75) is 6.42 Å². The smallest absolute Gasteiger partial charge is 0.439 e. The van der Waals surface area contributed by atoms with E-state index in [0.717, 1.165) is 15.4 Å². The first kappa shape index (κ1) is 23.6. The Morgan fingerprint density at radius 1 is 0.947 bits per heavy atom. The number of rotatable bonds is 6. The van der Waals surface area contributed by atoms with Gasteiger partial charge in [0.2, 0.25) is 12.7 Å². The lowest BCUT2D eigenvalue weighted by Gasteiger charge is -2.09. The van der Waals surface area contributed by atoms with Gasteiger partial charge < -0.3 is 25.1 Å². The predicted molar refractivity (Wildman–Crippen MR) is 141 cm³/mol. The molecule has 11 nitrogen and oxygen atoms in total. The molecule has 4 N–H and O–H groups in total. The van der Waals surface area contributed by atoms with Gasteiger partial charge in [-0.05, 0) is 48.0 Å². The Morgan fingerprint density at radius 3 is 2.66 bits per heavy atom. The zero-order valence-corrected chi connectivity index (χ0v) is 21.0. The van der Waals surface area contributed by atoms with Crippen LogP contribution < -0.4 is 25.9 Å². The number of aromatic amines is 2. The first-order valence-corrected chi connectivity index (χ1v) is 12.2. The molecule has 0 unspecified atom stereocenters. The van der Waals surface area contributed by atoms with Crippen LogP contribution in [0.5, 0.6) is 11.5 Å². The number of nitrogens with zero attached hydrogens (tertiary/aromatic N) is 1. The average Bonchev–Trinajstić information content (AvgIpc) is 3.64. The van der Waals surface area contributed by atoms with Gasteiger partial charge in [-0.25, -0.2) is 4.79 Å². The summed E-state index contributed by atoms with van der Waals surface area (Å²) in [5.74, 6) is 0.0879. The van der Waals surface area contributed by atoms with Crippen molar-refractivity contribution < 1.29 is 23.6 Å². The Bertz CT molecular complexity index is 1770. The van der Waals surface area contributed by atoms with E-state index in [1.54, 1.807) is 48.5 Å². The van der Waals surface area contributed by atoms with Crippen molar-refractivity contribution >= 4 is 50.0 Å². The van der Waals surface area contributed by atoms with E-state index >= 15 is 0 Å². The summed E-state index contributed by atoms with van der Waals surface area (Å²) in [7, 11) is 0. The Balaban J connectivity index is 1.22. The molecule has 2 aromatic heterocycles. The molecule has 3 heterocycles. The molecule has 6 rings (SSSR count). The van der Waals surface area contributed by atoms with Crippen LogP contribution in [0.1, 0.15) is 16.1 Å². The van der Waals surface area contributed by atoms with Gasteiger partial charge >= 0.3 is 5.76 Å². The summed E-state index contributed by atoms with van der Waals surface area (Å²) in [5, 5.41) is 10.2. The lowest BCUT2D eigenvalue weighted by Crippen LogP contribution is -2.15. The molecule has 1 aliphatic rings. The number of fused-ring (bicyclic) bond motifs is 2. The number of benzene rings is 3. The van der Waals surface area contributed by atoms with E-state index < -0.39 is 11.7 Å². The molecule has 0 atom stereocenters. The molecule has 0 spiro atoms. The summed E-state index contributed by atoms with van der Waals surface area (Å²) in [4.78, 5) is 42.9.